The average molecular weight is 487 g/mol. The fraction of sp³-hybridized carbons (Fsp3) is 0.333. The first-order chi connectivity index (χ1) is 17.4. The minimum absolute atomic E-state index is 0.187. The Kier molecular flexibility index (Phi) is 9.92. The molecule has 2 N–H and O–H groups in total. The van der Waals surface area contributed by atoms with Crippen LogP contribution in [0.5, 0.6) is 0 Å². The van der Waals surface area contributed by atoms with Crippen LogP contribution in [0, 0.1) is 0 Å². The van der Waals surface area contributed by atoms with E-state index in [1.807, 2.05) is 56.6 Å². The lowest BCUT2D eigenvalue weighted by atomic mass is 10.1. The molecule has 0 aliphatic heterocycles. The molecule has 6 nitrogen and oxygen atoms in total. The lowest BCUT2D eigenvalue weighted by Crippen LogP contribution is -2.25. The van der Waals surface area contributed by atoms with E-state index in [4.69, 9.17) is 0 Å². The third-order valence-electron chi connectivity index (χ3n) is 6.20. The van der Waals surface area contributed by atoms with Crippen LogP contribution in [0.25, 0.3) is 0 Å². The van der Waals surface area contributed by atoms with Crippen molar-refractivity contribution >= 4 is 34.6 Å². The van der Waals surface area contributed by atoms with E-state index in [1.165, 1.54) is 0 Å². The zero-order valence-electron chi connectivity index (χ0n) is 21.9. The van der Waals surface area contributed by atoms with Gasteiger partial charge >= 0.3 is 0 Å². The molecule has 0 aliphatic rings. The quantitative estimate of drug-likeness (QED) is 0.300. The normalized spacial score (nSPS) is 10.6. The molecule has 0 saturated carbocycles. The fourth-order valence-electron chi connectivity index (χ4n) is 4.01. The molecule has 0 saturated heterocycles. The summed E-state index contributed by atoms with van der Waals surface area (Å²) < 4.78 is 0. The molecular formula is C30H38N4O2. The van der Waals surface area contributed by atoms with E-state index in [0.29, 0.717) is 22.5 Å². The Labute approximate surface area is 215 Å². The Morgan fingerprint density at radius 1 is 0.639 bits per heavy atom. The summed E-state index contributed by atoms with van der Waals surface area (Å²) in [5.74, 6) is -0.374. The van der Waals surface area contributed by atoms with Gasteiger partial charge in [-0.1, -0.05) is 63.1 Å². The van der Waals surface area contributed by atoms with E-state index in [-0.39, 0.29) is 11.8 Å². The van der Waals surface area contributed by atoms with E-state index in [2.05, 4.69) is 40.3 Å². The second kappa shape index (κ2) is 13.3. The van der Waals surface area contributed by atoms with Gasteiger partial charge in [-0.3, -0.25) is 9.59 Å². The van der Waals surface area contributed by atoms with Gasteiger partial charge in [0, 0.05) is 38.3 Å². The van der Waals surface area contributed by atoms with Crippen LogP contribution in [0.3, 0.4) is 0 Å². The van der Waals surface area contributed by atoms with E-state index in [9.17, 15) is 9.59 Å². The molecule has 6 heteroatoms. The fourth-order valence-corrected chi connectivity index (χ4v) is 4.01. The third-order valence-corrected chi connectivity index (χ3v) is 6.20. The van der Waals surface area contributed by atoms with Crippen LogP contribution < -0.4 is 20.4 Å². The minimum Gasteiger partial charge on any atom is -0.373 e. The first kappa shape index (κ1) is 26.8. The first-order valence-corrected chi connectivity index (χ1v) is 12.8. The van der Waals surface area contributed by atoms with E-state index >= 15 is 0 Å². The molecule has 3 aromatic rings. The van der Waals surface area contributed by atoms with Crippen molar-refractivity contribution in [3.63, 3.8) is 0 Å². The molecule has 0 atom stereocenters. The van der Waals surface area contributed by atoms with Crippen LogP contribution in [0.15, 0.2) is 72.8 Å². The van der Waals surface area contributed by atoms with Gasteiger partial charge in [0.25, 0.3) is 11.8 Å². The molecular weight excluding hydrogens is 448 g/mol. The van der Waals surface area contributed by atoms with Crippen molar-refractivity contribution in [2.75, 3.05) is 47.6 Å². The van der Waals surface area contributed by atoms with E-state index in [1.54, 1.807) is 24.3 Å². The Balaban J connectivity index is 2.06. The van der Waals surface area contributed by atoms with Crippen molar-refractivity contribution in [3.05, 3.63) is 83.9 Å². The zero-order valence-corrected chi connectivity index (χ0v) is 21.9. The van der Waals surface area contributed by atoms with E-state index in [0.717, 1.165) is 50.1 Å². The molecule has 3 rings (SSSR count). The number of nitrogens with one attached hydrogen (secondary N) is 2. The second-order valence-electron chi connectivity index (χ2n) is 9.08. The first-order valence-electron chi connectivity index (χ1n) is 12.8. The van der Waals surface area contributed by atoms with Crippen molar-refractivity contribution in [1.82, 2.24) is 0 Å². The SMILES string of the molecule is CCCCN(C)c1cc(N(C)CCCC)c(NC(=O)c2ccccc2)cc1NC(=O)c1ccccc1. The highest BCUT2D eigenvalue weighted by molar-refractivity contribution is 6.09. The molecule has 0 bridgehead atoms. The number of unbranched alkanes of at least 4 members (excludes halogenated alkanes) is 2. The van der Waals surface area contributed by atoms with Crippen molar-refractivity contribution in [3.8, 4) is 0 Å². The van der Waals surface area contributed by atoms with Crippen molar-refractivity contribution in [2.45, 2.75) is 39.5 Å². The lowest BCUT2D eigenvalue weighted by molar-refractivity contribution is 0.101. The van der Waals surface area contributed by atoms with Crippen LogP contribution in [0.1, 0.15) is 60.2 Å². The van der Waals surface area contributed by atoms with Crippen molar-refractivity contribution in [2.24, 2.45) is 0 Å². The van der Waals surface area contributed by atoms with Crippen LogP contribution in [0.2, 0.25) is 0 Å². The number of nitrogens with zero attached hydrogens (tertiary/aromatic N) is 2. The summed E-state index contributed by atoms with van der Waals surface area (Å²) >= 11 is 0. The molecule has 0 unspecified atom stereocenters. The maximum absolute atomic E-state index is 13.1. The number of hydrogen-bond donors (Lipinski definition) is 2. The Hall–Kier alpha value is -3.80. The van der Waals surface area contributed by atoms with Crippen LogP contribution >= 0.6 is 0 Å². The molecule has 190 valence electrons. The maximum atomic E-state index is 13.1. The van der Waals surface area contributed by atoms with Gasteiger partial charge in [-0.2, -0.15) is 0 Å². The Morgan fingerprint density at radius 3 is 1.39 bits per heavy atom. The number of rotatable bonds is 12. The Bertz CT molecular complexity index is 1050. The van der Waals surface area contributed by atoms with Crippen LogP contribution in [0.4, 0.5) is 22.7 Å². The molecule has 36 heavy (non-hydrogen) atoms. The standard InChI is InChI=1S/C30H38N4O2/c1-5-7-19-33(3)27-22-28(34(4)20-8-6-2)26(32-30(36)24-17-13-10-14-18-24)21-25(27)31-29(35)23-15-11-9-12-16-23/h9-18,21-22H,5-8,19-20H2,1-4H3,(H,31,35)(H,32,36). The second-order valence-corrected chi connectivity index (χ2v) is 9.08. The van der Waals surface area contributed by atoms with Gasteiger partial charge in [0.1, 0.15) is 0 Å². The molecule has 0 aromatic heterocycles. The highest BCUT2D eigenvalue weighted by atomic mass is 16.2. The van der Waals surface area contributed by atoms with Gasteiger partial charge in [0.15, 0.2) is 0 Å². The monoisotopic (exact) mass is 486 g/mol. The molecule has 0 spiro atoms. The highest BCUT2D eigenvalue weighted by Gasteiger charge is 2.19. The highest BCUT2D eigenvalue weighted by Crippen LogP contribution is 2.38. The zero-order chi connectivity index (χ0) is 25.9. The average Bonchev–Trinajstić information content (AvgIpc) is 2.91. The van der Waals surface area contributed by atoms with Gasteiger partial charge in [0.2, 0.25) is 0 Å². The summed E-state index contributed by atoms with van der Waals surface area (Å²) in [7, 11) is 4.09. The molecule has 0 radical (unpaired) electrons. The predicted octanol–water partition coefficient (Wildman–Crippen LogP) is 6.66. The molecule has 0 heterocycles. The summed E-state index contributed by atoms with van der Waals surface area (Å²) in [5, 5.41) is 6.19. The topological polar surface area (TPSA) is 64.7 Å². The summed E-state index contributed by atoms with van der Waals surface area (Å²) in [4.78, 5) is 30.5. The van der Waals surface area contributed by atoms with Crippen LogP contribution in [-0.4, -0.2) is 39.0 Å². The number of benzene rings is 3. The van der Waals surface area contributed by atoms with Crippen molar-refractivity contribution < 1.29 is 9.59 Å². The summed E-state index contributed by atoms with van der Waals surface area (Å²) in [5.41, 5.74) is 4.34. The third kappa shape index (κ3) is 7.11. The van der Waals surface area contributed by atoms with Crippen LogP contribution in [-0.2, 0) is 0 Å². The van der Waals surface area contributed by atoms with E-state index < -0.39 is 0 Å². The lowest BCUT2D eigenvalue weighted by Gasteiger charge is -2.29. The maximum Gasteiger partial charge on any atom is 0.255 e. The van der Waals surface area contributed by atoms with Gasteiger partial charge < -0.3 is 20.4 Å². The molecule has 2 amide bonds. The van der Waals surface area contributed by atoms with Gasteiger partial charge in [0.05, 0.1) is 22.7 Å². The van der Waals surface area contributed by atoms with Crippen molar-refractivity contribution in [1.29, 1.82) is 0 Å². The molecule has 0 aliphatic carbocycles. The molecule has 0 fully saturated rings. The summed E-state index contributed by atoms with van der Waals surface area (Å²) in [6, 6.07) is 22.3. The number of carbonyl (C=O) groups is 2. The number of anilines is 4. The summed E-state index contributed by atoms with van der Waals surface area (Å²) in [6.45, 7) is 6.05. The molecule has 3 aromatic carbocycles. The minimum atomic E-state index is -0.187. The number of carbonyl (C=O) groups excluding carboxylic acids is 2. The largest absolute Gasteiger partial charge is 0.373 e. The smallest absolute Gasteiger partial charge is 0.255 e. The van der Waals surface area contributed by atoms with Gasteiger partial charge in [-0.25, -0.2) is 0 Å². The number of hydrogen-bond acceptors (Lipinski definition) is 4. The predicted molar refractivity (Wildman–Crippen MR) is 152 cm³/mol. The van der Waals surface area contributed by atoms with Gasteiger partial charge in [-0.15, -0.1) is 0 Å². The summed E-state index contributed by atoms with van der Waals surface area (Å²) in [6.07, 6.45) is 4.22. The van der Waals surface area contributed by atoms with Gasteiger partial charge in [-0.05, 0) is 49.2 Å². The number of amides is 2. The Morgan fingerprint density at radius 2 is 1.03 bits per heavy atom.